The molecular formula is C12H25NO. The average molecular weight is 199 g/mol. The molecule has 0 radical (unpaired) electrons. The van der Waals surface area contributed by atoms with E-state index in [-0.39, 0.29) is 0 Å². The van der Waals surface area contributed by atoms with Gasteiger partial charge < -0.3 is 10.4 Å². The summed E-state index contributed by atoms with van der Waals surface area (Å²) in [6, 6.07) is 0.472. The summed E-state index contributed by atoms with van der Waals surface area (Å²) in [5, 5.41) is 13.7. The molecule has 1 saturated carbocycles. The summed E-state index contributed by atoms with van der Waals surface area (Å²) in [4.78, 5) is 0. The van der Waals surface area contributed by atoms with Gasteiger partial charge in [-0.2, -0.15) is 0 Å². The first-order valence-corrected chi connectivity index (χ1v) is 5.98. The molecule has 0 amide bonds. The van der Waals surface area contributed by atoms with Crippen LogP contribution in [-0.4, -0.2) is 23.3 Å². The van der Waals surface area contributed by atoms with Gasteiger partial charge in [-0.15, -0.1) is 0 Å². The van der Waals surface area contributed by atoms with E-state index in [1.165, 1.54) is 19.3 Å². The van der Waals surface area contributed by atoms with Crippen molar-refractivity contribution < 1.29 is 5.11 Å². The highest BCUT2D eigenvalue weighted by atomic mass is 16.3. The lowest BCUT2D eigenvalue weighted by atomic mass is 9.93. The van der Waals surface area contributed by atoms with Crippen molar-refractivity contribution in [3.8, 4) is 0 Å². The Balaban J connectivity index is 2.38. The van der Waals surface area contributed by atoms with Crippen LogP contribution in [-0.2, 0) is 0 Å². The van der Waals surface area contributed by atoms with E-state index in [2.05, 4.69) is 26.1 Å². The molecule has 0 heterocycles. The van der Waals surface area contributed by atoms with Crippen LogP contribution in [0.25, 0.3) is 0 Å². The van der Waals surface area contributed by atoms with E-state index in [1.54, 1.807) is 0 Å². The fourth-order valence-electron chi connectivity index (χ4n) is 2.13. The Labute approximate surface area is 88.1 Å². The Kier molecular flexibility index (Phi) is 4.39. The standard InChI is InChI=1S/C12H25NO/c1-10(2)13-9-12(14)7-4-5-11(3)6-8-12/h10-11,13-14H,4-9H2,1-3H3. The third-order valence-corrected chi connectivity index (χ3v) is 3.28. The molecule has 1 aliphatic rings. The molecule has 0 aromatic carbocycles. The van der Waals surface area contributed by atoms with Gasteiger partial charge in [0.1, 0.15) is 0 Å². The maximum Gasteiger partial charge on any atom is 0.0771 e. The van der Waals surface area contributed by atoms with Crippen molar-refractivity contribution in [1.82, 2.24) is 5.32 Å². The van der Waals surface area contributed by atoms with Crippen molar-refractivity contribution in [2.75, 3.05) is 6.54 Å². The molecule has 0 spiro atoms. The van der Waals surface area contributed by atoms with Crippen LogP contribution in [0.15, 0.2) is 0 Å². The topological polar surface area (TPSA) is 32.3 Å². The monoisotopic (exact) mass is 199 g/mol. The Morgan fingerprint density at radius 2 is 2.07 bits per heavy atom. The van der Waals surface area contributed by atoms with Gasteiger partial charge in [0.2, 0.25) is 0 Å². The molecule has 1 aliphatic carbocycles. The van der Waals surface area contributed by atoms with Crippen molar-refractivity contribution >= 4 is 0 Å². The first-order valence-electron chi connectivity index (χ1n) is 5.98. The summed E-state index contributed by atoms with van der Waals surface area (Å²) in [7, 11) is 0. The zero-order valence-corrected chi connectivity index (χ0v) is 9.84. The number of hydrogen-bond donors (Lipinski definition) is 2. The number of rotatable bonds is 3. The molecule has 0 aliphatic heterocycles. The molecule has 2 atom stereocenters. The van der Waals surface area contributed by atoms with E-state index in [1.807, 2.05) is 0 Å². The van der Waals surface area contributed by atoms with Crippen LogP contribution >= 0.6 is 0 Å². The summed E-state index contributed by atoms with van der Waals surface area (Å²) in [5.41, 5.74) is -0.435. The van der Waals surface area contributed by atoms with Gasteiger partial charge >= 0.3 is 0 Å². The predicted molar refractivity (Wildman–Crippen MR) is 60.3 cm³/mol. The normalized spacial score (nSPS) is 34.5. The summed E-state index contributed by atoms with van der Waals surface area (Å²) in [5.74, 6) is 0.795. The first kappa shape index (κ1) is 12.0. The van der Waals surface area contributed by atoms with Crippen molar-refractivity contribution in [2.24, 2.45) is 5.92 Å². The van der Waals surface area contributed by atoms with Gasteiger partial charge in [0.25, 0.3) is 0 Å². The molecule has 2 nitrogen and oxygen atoms in total. The highest BCUT2D eigenvalue weighted by Gasteiger charge is 2.29. The fourth-order valence-corrected chi connectivity index (χ4v) is 2.13. The van der Waals surface area contributed by atoms with E-state index in [9.17, 15) is 5.11 Å². The Bertz CT molecular complexity index is 170. The van der Waals surface area contributed by atoms with Gasteiger partial charge in [-0.05, 0) is 25.2 Å². The zero-order valence-electron chi connectivity index (χ0n) is 9.84. The molecule has 1 rings (SSSR count). The third-order valence-electron chi connectivity index (χ3n) is 3.28. The second kappa shape index (κ2) is 5.13. The predicted octanol–water partition coefficient (Wildman–Crippen LogP) is 2.32. The number of hydrogen-bond acceptors (Lipinski definition) is 2. The minimum absolute atomic E-state index is 0.435. The summed E-state index contributed by atoms with van der Waals surface area (Å²) < 4.78 is 0. The van der Waals surface area contributed by atoms with Crippen LogP contribution in [0, 0.1) is 5.92 Å². The summed E-state index contributed by atoms with van der Waals surface area (Å²) in [6.07, 6.45) is 5.57. The molecule has 14 heavy (non-hydrogen) atoms. The molecule has 0 aromatic heterocycles. The minimum atomic E-state index is -0.435. The number of aliphatic hydroxyl groups is 1. The maximum absolute atomic E-state index is 10.4. The highest BCUT2D eigenvalue weighted by molar-refractivity contribution is 4.85. The Morgan fingerprint density at radius 1 is 1.36 bits per heavy atom. The Morgan fingerprint density at radius 3 is 2.71 bits per heavy atom. The van der Waals surface area contributed by atoms with E-state index >= 15 is 0 Å². The van der Waals surface area contributed by atoms with Gasteiger partial charge in [0.05, 0.1) is 5.60 Å². The fraction of sp³-hybridized carbons (Fsp3) is 1.00. The molecule has 0 bridgehead atoms. The van der Waals surface area contributed by atoms with Gasteiger partial charge in [-0.25, -0.2) is 0 Å². The van der Waals surface area contributed by atoms with Crippen LogP contribution < -0.4 is 5.32 Å². The quantitative estimate of drug-likeness (QED) is 0.684. The van der Waals surface area contributed by atoms with Crippen LogP contribution in [0.3, 0.4) is 0 Å². The highest BCUT2D eigenvalue weighted by Crippen LogP contribution is 2.29. The van der Waals surface area contributed by atoms with Crippen LogP contribution in [0.5, 0.6) is 0 Å². The molecule has 2 N–H and O–H groups in total. The molecule has 1 fully saturated rings. The second-order valence-corrected chi connectivity index (χ2v) is 5.30. The van der Waals surface area contributed by atoms with Crippen LogP contribution in [0.2, 0.25) is 0 Å². The molecule has 0 aromatic rings. The lowest BCUT2D eigenvalue weighted by Crippen LogP contribution is -2.42. The van der Waals surface area contributed by atoms with Gasteiger partial charge in [0.15, 0.2) is 0 Å². The van der Waals surface area contributed by atoms with Crippen molar-refractivity contribution in [1.29, 1.82) is 0 Å². The van der Waals surface area contributed by atoms with Gasteiger partial charge in [0, 0.05) is 12.6 Å². The second-order valence-electron chi connectivity index (χ2n) is 5.30. The first-order chi connectivity index (χ1) is 6.52. The van der Waals surface area contributed by atoms with E-state index in [0.717, 1.165) is 25.3 Å². The summed E-state index contributed by atoms with van der Waals surface area (Å²) in [6.45, 7) is 7.31. The van der Waals surface area contributed by atoms with E-state index in [0.29, 0.717) is 6.04 Å². The van der Waals surface area contributed by atoms with Crippen molar-refractivity contribution in [3.05, 3.63) is 0 Å². The zero-order chi connectivity index (χ0) is 10.6. The SMILES string of the molecule is CC1CCCC(O)(CNC(C)C)CC1. The lowest BCUT2D eigenvalue weighted by Gasteiger charge is -2.28. The van der Waals surface area contributed by atoms with Crippen LogP contribution in [0.4, 0.5) is 0 Å². The molecule has 84 valence electrons. The van der Waals surface area contributed by atoms with Crippen molar-refractivity contribution in [2.45, 2.75) is 64.5 Å². The van der Waals surface area contributed by atoms with E-state index in [4.69, 9.17) is 0 Å². The maximum atomic E-state index is 10.4. The van der Waals surface area contributed by atoms with E-state index < -0.39 is 5.60 Å². The number of nitrogens with one attached hydrogen (secondary N) is 1. The molecule has 2 unspecified atom stereocenters. The average Bonchev–Trinajstić information content (AvgIpc) is 2.27. The van der Waals surface area contributed by atoms with Crippen LogP contribution in [0.1, 0.15) is 52.9 Å². The Hall–Kier alpha value is -0.0800. The molecular weight excluding hydrogens is 174 g/mol. The van der Waals surface area contributed by atoms with Gasteiger partial charge in [-0.1, -0.05) is 33.6 Å². The molecule has 0 saturated heterocycles. The minimum Gasteiger partial charge on any atom is -0.389 e. The lowest BCUT2D eigenvalue weighted by molar-refractivity contribution is 0.0228. The van der Waals surface area contributed by atoms with Crippen molar-refractivity contribution in [3.63, 3.8) is 0 Å². The largest absolute Gasteiger partial charge is 0.389 e. The smallest absolute Gasteiger partial charge is 0.0771 e. The van der Waals surface area contributed by atoms with Gasteiger partial charge in [-0.3, -0.25) is 0 Å². The summed E-state index contributed by atoms with van der Waals surface area (Å²) >= 11 is 0. The molecule has 2 heteroatoms. The third kappa shape index (κ3) is 3.97.